The molecule has 1 heteroatoms. The van der Waals surface area contributed by atoms with E-state index in [0.29, 0.717) is 10.7 Å². The molecule has 0 aliphatic rings. The number of hydrogen-bond donors (Lipinski definition) is 1. The van der Waals surface area contributed by atoms with Crippen LogP contribution >= 0.6 is 12.6 Å². The fourth-order valence-electron chi connectivity index (χ4n) is 0.841. The summed E-state index contributed by atoms with van der Waals surface area (Å²) >= 11 is 4.44. The van der Waals surface area contributed by atoms with Gasteiger partial charge in [0, 0.05) is 5.25 Å². The van der Waals surface area contributed by atoms with E-state index in [-0.39, 0.29) is 0 Å². The second-order valence-electron chi connectivity index (χ2n) is 3.04. The van der Waals surface area contributed by atoms with Crippen LogP contribution < -0.4 is 0 Å². The zero-order valence-corrected chi connectivity index (χ0v) is 7.83. The summed E-state index contributed by atoms with van der Waals surface area (Å²) in [6.45, 7) is 8.94. The van der Waals surface area contributed by atoms with E-state index in [2.05, 4.69) is 40.3 Å². The van der Waals surface area contributed by atoms with Crippen LogP contribution in [0.3, 0.4) is 0 Å². The molecule has 0 radical (unpaired) electrons. The van der Waals surface area contributed by atoms with E-state index < -0.39 is 0 Å². The minimum Gasteiger partial charge on any atom is -0.176 e. The molecule has 0 rings (SSSR count). The Labute approximate surface area is 64.4 Å². The van der Waals surface area contributed by atoms with Crippen LogP contribution in [0.15, 0.2) is 0 Å². The molecule has 0 amide bonds. The Hall–Kier alpha value is 0.350. The second-order valence-corrected chi connectivity index (χ2v) is 3.81. The van der Waals surface area contributed by atoms with Crippen LogP contribution in [0, 0.1) is 5.41 Å². The van der Waals surface area contributed by atoms with Gasteiger partial charge in [0.1, 0.15) is 0 Å². The van der Waals surface area contributed by atoms with Crippen molar-refractivity contribution >= 4 is 12.6 Å². The minimum absolute atomic E-state index is 0.448. The molecule has 0 aliphatic carbocycles. The quantitative estimate of drug-likeness (QED) is 0.581. The van der Waals surface area contributed by atoms with Gasteiger partial charge in [-0.25, -0.2) is 0 Å². The SMILES string of the molecule is CCC(C)(CC)C(C)S. The summed E-state index contributed by atoms with van der Waals surface area (Å²) < 4.78 is 0. The summed E-state index contributed by atoms with van der Waals surface area (Å²) in [6.07, 6.45) is 2.46. The van der Waals surface area contributed by atoms with Gasteiger partial charge in [0.2, 0.25) is 0 Å². The van der Waals surface area contributed by atoms with Crippen LogP contribution in [0.25, 0.3) is 0 Å². The molecule has 1 unspecified atom stereocenters. The zero-order chi connectivity index (χ0) is 7.49. The summed E-state index contributed by atoms with van der Waals surface area (Å²) in [6, 6.07) is 0. The topological polar surface area (TPSA) is 0 Å². The van der Waals surface area contributed by atoms with E-state index in [1.807, 2.05) is 0 Å². The molecular formula is C8H18S. The highest BCUT2D eigenvalue weighted by Gasteiger charge is 2.23. The molecule has 0 nitrogen and oxygen atoms in total. The normalized spacial score (nSPS) is 15.7. The molecule has 9 heavy (non-hydrogen) atoms. The van der Waals surface area contributed by atoms with Gasteiger partial charge in [0.05, 0.1) is 0 Å². The maximum absolute atomic E-state index is 4.44. The highest BCUT2D eigenvalue weighted by molar-refractivity contribution is 7.81. The van der Waals surface area contributed by atoms with Crippen LogP contribution in [0.4, 0.5) is 0 Å². The summed E-state index contributed by atoms with van der Waals surface area (Å²) in [5, 5.41) is 0.521. The molecule has 0 saturated heterocycles. The number of thiol groups is 1. The monoisotopic (exact) mass is 146 g/mol. The van der Waals surface area contributed by atoms with Crippen LogP contribution in [0.5, 0.6) is 0 Å². The minimum atomic E-state index is 0.448. The van der Waals surface area contributed by atoms with Crippen molar-refractivity contribution in [2.45, 2.75) is 45.8 Å². The molecule has 0 aromatic rings. The van der Waals surface area contributed by atoms with E-state index in [4.69, 9.17) is 0 Å². The molecule has 0 bridgehead atoms. The Bertz CT molecular complexity index is 72.6. The molecule has 0 spiro atoms. The van der Waals surface area contributed by atoms with Crippen LogP contribution in [0.2, 0.25) is 0 Å². The lowest BCUT2D eigenvalue weighted by atomic mass is 9.82. The fraction of sp³-hybridized carbons (Fsp3) is 1.00. The first kappa shape index (κ1) is 9.35. The zero-order valence-electron chi connectivity index (χ0n) is 6.94. The van der Waals surface area contributed by atoms with Gasteiger partial charge in [-0.15, -0.1) is 0 Å². The van der Waals surface area contributed by atoms with Crippen molar-refractivity contribution in [2.24, 2.45) is 5.41 Å². The van der Waals surface area contributed by atoms with Gasteiger partial charge >= 0.3 is 0 Å². The summed E-state index contributed by atoms with van der Waals surface area (Å²) in [5.74, 6) is 0. The predicted molar refractivity (Wildman–Crippen MR) is 47.1 cm³/mol. The largest absolute Gasteiger partial charge is 0.176 e. The van der Waals surface area contributed by atoms with E-state index in [0.717, 1.165) is 0 Å². The van der Waals surface area contributed by atoms with Crippen molar-refractivity contribution in [3.8, 4) is 0 Å². The molecule has 0 heterocycles. The van der Waals surface area contributed by atoms with Crippen molar-refractivity contribution in [2.75, 3.05) is 0 Å². The molecule has 0 aromatic carbocycles. The third kappa shape index (κ3) is 2.21. The molecule has 0 N–H and O–H groups in total. The van der Waals surface area contributed by atoms with Crippen LogP contribution in [-0.2, 0) is 0 Å². The van der Waals surface area contributed by atoms with Crippen LogP contribution in [-0.4, -0.2) is 5.25 Å². The lowest BCUT2D eigenvalue weighted by Crippen LogP contribution is -2.23. The van der Waals surface area contributed by atoms with Gasteiger partial charge in [-0.3, -0.25) is 0 Å². The standard InChI is InChI=1S/C8H18S/c1-5-8(4,6-2)7(3)9/h7,9H,5-6H2,1-4H3. The van der Waals surface area contributed by atoms with Gasteiger partial charge in [-0.2, -0.15) is 12.6 Å². The second kappa shape index (κ2) is 3.50. The number of rotatable bonds is 3. The van der Waals surface area contributed by atoms with Gasteiger partial charge in [0.25, 0.3) is 0 Å². The van der Waals surface area contributed by atoms with Gasteiger partial charge < -0.3 is 0 Å². The molecule has 0 saturated carbocycles. The summed E-state index contributed by atoms with van der Waals surface area (Å²) in [5.41, 5.74) is 0.448. The molecule has 0 aliphatic heterocycles. The summed E-state index contributed by atoms with van der Waals surface area (Å²) in [7, 11) is 0. The van der Waals surface area contributed by atoms with Gasteiger partial charge in [-0.05, 0) is 18.3 Å². The maximum Gasteiger partial charge on any atom is 0.00421 e. The van der Waals surface area contributed by atoms with E-state index in [1.54, 1.807) is 0 Å². The lowest BCUT2D eigenvalue weighted by molar-refractivity contribution is 0.298. The van der Waals surface area contributed by atoms with Crippen molar-refractivity contribution < 1.29 is 0 Å². The van der Waals surface area contributed by atoms with Crippen molar-refractivity contribution in [3.05, 3.63) is 0 Å². The van der Waals surface area contributed by atoms with E-state index in [1.165, 1.54) is 12.8 Å². The Morgan fingerprint density at radius 1 is 1.33 bits per heavy atom. The average molecular weight is 146 g/mol. The first-order valence-electron chi connectivity index (χ1n) is 3.75. The first-order chi connectivity index (χ1) is 4.06. The van der Waals surface area contributed by atoms with Crippen molar-refractivity contribution in [1.82, 2.24) is 0 Å². The van der Waals surface area contributed by atoms with E-state index >= 15 is 0 Å². The Morgan fingerprint density at radius 2 is 1.67 bits per heavy atom. The average Bonchev–Trinajstić information content (AvgIpc) is 1.86. The molecule has 0 aromatic heterocycles. The van der Waals surface area contributed by atoms with Crippen molar-refractivity contribution in [1.29, 1.82) is 0 Å². The summed E-state index contributed by atoms with van der Waals surface area (Å²) in [4.78, 5) is 0. The molecular weight excluding hydrogens is 128 g/mol. The molecule has 1 atom stereocenters. The predicted octanol–water partition coefficient (Wildman–Crippen LogP) is 3.13. The smallest absolute Gasteiger partial charge is 0.00421 e. The highest BCUT2D eigenvalue weighted by atomic mass is 32.1. The third-order valence-corrected chi connectivity index (χ3v) is 3.25. The van der Waals surface area contributed by atoms with Gasteiger partial charge in [-0.1, -0.05) is 27.7 Å². The molecule has 56 valence electrons. The third-order valence-electron chi connectivity index (χ3n) is 2.62. The first-order valence-corrected chi connectivity index (χ1v) is 4.26. The number of hydrogen-bond acceptors (Lipinski definition) is 1. The van der Waals surface area contributed by atoms with Gasteiger partial charge in [0.15, 0.2) is 0 Å². The van der Waals surface area contributed by atoms with Crippen molar-refractivity contribution in [3.63, 3.8) is 0 Å². The Kier molecular flexibility index (Phi) is 3.64. The highest BCUT2D eigenvalue weighted by Crippen LogP contribution is 2.32. The fourth-order valence-corrected chi connectivity index (χ4v) is 1.21. The Morgan fingerprint density at radius 3 is 1.67 bits per heavy atom. The molecule has 0 fully saturated rings. The maximum atomic E-state index is 4.44. The Balaban J connectivity index is 3.92. The lowest BCUT2D eigenvalue weighted by Gasteiger charge is -2.30. The van der Waals surface area contributed by atoms with E-state index in [9.17, 15) is 0 Å². The van der Waals surface area contributed by atoms with Crippen LogP contribution in [0.1, 0.15) is 40.5 Å².